The Hall–Kier alpha value is -1.11. The van der Waals surface area contributed by atoms with Gasteiger partial charge in [-0.2, -0.15) is 0 Å². The number of nitrogens with two attached hydrogens (primary N) is 1. The van der Waals surface area contributed by atoms with E-state index in [1.807, 2.05) is 4.90 Å². The molecule has 1 aliphatic rings. The summed E-state index contributed by atoms with van der Waals surface area (Å²) < 4.78 is 0. The van der Waals surface area contributed by atoms with Gasteiger partial charge in [-0.25, -0.2) is 4.79 Å². The summed E-state index contributed by atoms with van der Waals surface area (Å²) in [6.45, 7) is 9.77. The van der Waals surface area contributed by atoms with Crippen LogP contribution in [0.25, 0.3) is 0 Å². The van der Waals surface area contributed by atoms with Gasteiger partial charge in [0, 0.05) is 25.7 Å². The number of piperidine rings is 1. The van der Waals surface area contributed by atoms with Gasteiger partial charge >= 0.3 is 6.03 Å². The van der Waals surface area contributed by atoms with Crippen molar-refractivity contribution in [2.75, 3.05) is 26.2 Å². The van der Waals surface area contributed by atoms with Crippen LogP contribution in [0.4, 0.5) is 4.79 Å². The average molecular weight is 305 g/mol. The Morgan fingerprint density at radius 2 is 2.15 bits per heavy atom. The fourth-order valence-electron chi connectivity index (χ4n) is 2.20. The molecule has 1 aliphatic heterocycles. The number of hydrogen-bond donors (Lipinski definition) is 3. The van der Waals surface area contributed by atoms with Gasteiger partial charge in [0.05, 0.1) is 6.54 Å². The molecule has 0 aliphatic carbocycles. The molecule has 1 heterocycles. The Morgan fingerprint density at radius 3 is 2.70 bits per heavy atom. The first-order valence-corrected chi connectivity index (χ1v) is 6.51. The third kappa shape index (κ3) is 5.90. The normalized spacial score (nSPS) is 21.4. The third-order valence-electron chi connectivity index (χ3n) is 3.42. The molecule has 0 aromatic rings. The molecule has 0 bridgehead atoms. The molecule has 20 heavy (non-hydrogen) atoms. The molecule has 1 atom stereocenters. The van der Waals surface area contributed by atoms with E-state index >= 15 is 0 Å². The minimum atomic E-state index is -0.488. The smallest absolute Gasteiger partial charge is 0.321 e. The molecule has 0 spiro atoms. The second-order valence-corrected chi connectivity index (χ2v) is 5.64. The second kappa shape index (κ2) is 8.24. The summed E-state index contributed by atoms with van der Waals surface area (Å²) in [5.74, 6) is -0.298. The highest BCUT2D eigenvalue weighted by Crippen LogP contribution is 2.27. The van der Waals surface area contributed by atoms with Crippen molar-refractivity contribution in [2.24, 2.45) is 11.1 Å². The van der Waals surface area contributed by atoms with Crippen LogP contribution in [0.2, 0.25) is 0 Å². The van der Waals surface area contributed by atoms with E-state index < -0.39 is 6.03 Å². The largest absolute Gasteiger partial charge is 0.334 e. The van der Waals surface area contributed by atoms with Crippen molar-refractivity contribution in [1.82, 2.24) is 15.5 Å². The summed E-state index contributed by atoms with van der Waals surface area (Å²) in [7, 11) is 0. The van der Waals surface area contributed by atoms with E-state index in [9.17, 15) is 9.59 Å². The summed E-state index contributed by atoms with van der Waals surface area (Å²) >= 11 is 0. The Balaban J connectivity index is 0.00000361. The number of amides is 3. The number of carbonyl (C=O) groups is 2. The van der Waals surface area contributed by atoms with Crippen LogP contribution in [-0.4, -0.2) is 49.1 Å². The minimum absolute atomic E-state index is 0. The Kier molecular flexibility index (Phi) is 7.78. The molecule has 0 radical (unpaired) electrons. The fraction of sp³-hybridized carbons (Fsp3) is 0.692. The highest BCUT2D eigenvalue weighted by molar-refractivity contribution is 5.95. The maximum Gasteiger partial charge on any atom is 0.321 e. The van der Waals surface area contributed by atoms with Gasteiger partial charge in [0.2, 0.25) is 5.91 Å². The fourth-order valence-corrected chi connectivity index (χ4v) is 2.20. The van der Waals surface area contributed by atoms with E-state index in [0.29, 0.717) is 6.54 Å². The quantitative estimate of drug-likeness (QED) is 0.659. The molecule has 1 rings (SSSR count). The van der Waals surface area contributed by atoms with Gasteiger partial charge in [0.1, 0.15) is 0 Å². The van der Waals surface area contributed by atoms with Crippen LogP contribution in [0.3, 0.4) is 0 Å². The Morgan fingerprint density at radius 1 is 1.50 bits per heavy atom. The summed E-state index contributed by atoms with van der Waals surface area (Å²) in [5, 5.41) is 4.79. The van der Waals surface area contributed by atoms with E-state index in [1.54, 1.807) is 6.08 Å². The second-order valence-electron chi connectivity index (χ2n) is 5.64. The molecule has 1 fully saturated rings. The highest BCUT2D eigenvalue weighted by atomic mass is 35.5. The molecule has 116 valence electrons. The van der Waals surface area contributed by atoms with Crippen molar-refractivity contribution >= 4 is 24.3 Å². The van der Waals surface area contributed by atoms with Crippen LogP contribution >= 0.6 is 12.4 Å². The molecule has 0 saturated carbocycles. The van der Waals surface area contributed by atoms with Gasteiger partial charge in [0.25, 0.3) is 0 Å². The number of halogens is 1. The van der Waals surface area contributed by atoms with Crippen LogP contribution in [0.15, 0.2) is 12.7 Å². The van der Waals surface area contributed by atoms with Crippen LogP contribution < -0.4 is 16.4 Å². The maximum atomic E-state index is 11.7. The van der Waals surface area contributed by atoms with Gasteiger partial charge in [-0.05, 0) is 11.8 Å². The topological polar surface area (TPSA) is 87.5 Å². The lowest BCUT2D eigenvalue weighted by Crippen LogP contribution is -2.54. The number of nitrogens with zero attached hydrogens (tertiary/aromatic N) is 1. The Bertz CT molecular complexity index is 360. The molecule has 7 heteroatoms. The number of nitrogens with one attached hydrogen (secondary N) is 2. The van der Waals surface area contributed by atoms with Crippen molar-refractivity contribution in [3.63, 3.8) is 0 Å². The van der Waals surface area contributed by atoms with Gasteiger partial charge < -0.3 is 11.1 Å². The van der Waals surface area contributed by atoms with Crippen molar-refractivity contribution in [3.8, 4) is 0 Å². The first-order valence-electron chi connectivity index (χ1n) is 6.51. The summed E-state index contributed by atoms with van der Waals surface area (Å²) in [4.78, 5) is 25.0. The van der Waals surface area contributed by atoms with Gasteiger partial charge in [-0.15, -0.1) is 19.0 Å². The zero-order chi connectivity index (χ0) is 14.5. The zero-order valence-electron chi connectivity index (χ0n) is 12.1. The molecule has 0 aromatic heterocycles. The van der Waals surface area contributed by atoms with E-state index in [0.717, 1.165) is 19.5 Å². The standard InChI is InChI=1S/C13H24N4O2.ClH/c1-4-6-15-12(19)16-11(18)8-17-7-5-10(14)13(2,3)9-17;/h4,10H,1,5-9,14H2,2-3H3,(H2,15,16,18,19);1H. The van der Waals surface area contributed by atoms with Gasteiger partial charge in [-0.3, -0.25) is 15.0 Å². The molecule has 6 nitrogen and oxygen atoms in total. The predicted octanol–water partition coefficient (Wildman–Crippen LogP) is 0.479. The van der Waals surface area contributed by atoms with Crippen LogP contribution in [0, 0.1) is 5.41 Å². The van der Waals surface area contributed by atoms with Crippen LogP contribution in [0.1, 0.15) is 20.3 Å². The highest BCUT2D eigenvalue weighted by Gasteiger charge is 2.33. The van der Waals surface area contributed by atoms with E-state index in [1.165, 1.54) is 0 Å². The first kappa shape index (κ1) is 18.9. The lowest BCUT2D eigenvalue weighted by Gasteiger charge is -2.42. The van der Waals surface area contributed by atoms with Gasteiger partial charge in [0.15, 0.2) is 0 Å². The lowest BCUT2D eigenvalue weighted by atomic mass is 9.80. The van der Waals surface area contributed by atoms with Crippen LogP contribution in [-0.2, 0) is 4.79 Å². The van der Waals surface area contributed by atoms with Crippen molar-refractivity contribution in [1.29, 1.82) is 0 Å². The summed E-state index contributed by atoms with van der Waals surface area (Å²) in [6.07, 6.45) is 2.42. The number of likely N-dealkylation sites (tertiary alicyclic amines) is 1. The van der Waals surface area contributed by atoms with Crippen molar-refractivity contribution < 1.29 is 9.59 Å². The zero-order valence-corrected chi connectivity index (χ0v) is 13.0. The van der Waals surface area contributed by atoms with Gasteiger partial charge in [-0.1, -0.05) is 19.9 Å². The first-order chi connectivity index (χ1) is 8.85. The summed E-state index contributed by atoms with van der Waals surface area (Å²) in [5.41, 5.74) is 6.03. The summed E-state index contributed by atoms with van der Waals surface area (Å²) in [6, 6.07) is -0.333. The minimum Gasteiger partial charge on any atom is -0.334 e. The average Bonchev–Trinajstić information content (AvgIpc) is 2.30. The number of imide groups is 1. The number of rotatable bonds is 4. The molecule has 4 N–H and O–H groups in total. The van der Waals surface area contributed by atoms with E-state index in [4.69, 9.17) is 5.73 Å². The molecular weight excluding hydrogens is 280 g/mol. The molecule has 3 amide bonds. The van der Waals surface area contributed by atoms with Crippen LogP contribution in [0.5, 0.6) is 0 Å². The van der Waals surface area contributed by atoms with Crippen molar-refractivity contribution in [2.45, 2.75) is 26.3 Å². The Labute approximate surface area is 126 Å². The molecular formula is C13H25ClN4O2. The number of urea groups is 1. The molecule has 1 unspecified atom stereocenters. The SMILES string of the molecule is C=CCNC(=O)NC(=O)CN1CCC(N)C(C)(C)C1.Cl. The maximum absolute atomic E-state index is 11.7. The number of hydrogen-bond acceptors (Lipinski definition) is 4. The number of carbonyl (C=O) groups excluding carboxylic acids is 2. The van der Waals surface area contributed by atoms with Crippen molar-refractivity contribution in [3.05, 3.63) is 12.7 Å². The third-order valence-corrected chi connectivity index (χ3v) is 3.42. The molecule has 0 aromatic carbocycles. The molecule has 1 saturated heterocycles. The lowest BCUT2D eigenvalue weighted by molar-refractivity contribution is -0.122. The van der Waals surface area contributed by atoms with E-state index in [2.05, 4.69) is 31.1 Å². The van der Waals surface area contributed by atoms with E-state index in [-0.39, 0.29) is 36.3 Å². The monoisotopic (exact) mass is 304 g/mol. The predicted molar refractivity (Wildman–Crippen MR) is 81.8 cm³/mol.